The molecule has 0 aliphatic rings. The molecule has 0 aliphatic carbocycles. The van der Waals surface area contributed by atoms with Crippen LogP contribution >= 0.6 is 0 Å². The van der Waals surface area contributed by atoms with Crippen LogP contribution in [0.4, 0.5) is 0 Å². The number of aliphatic hydroxyl groups excluding tert-OH is 1. The standard InChI is InChI=1S/C14H26O4/c1-13(2)14(16)18-12-8-4-7-11-17-10-6-3-5-9-15/h15H,1,3-12H2,2H3. The molecule has 18 heavy (non-hydrogen) atoms. The first kappa shape index (κ1) is 17.1. The maximum absolute atomic E-state index is 11.0. The van der Waals surface area contributed by atoms with Crippen molar-refractivity contribution >= 4 is 5.97 Å². The van der Waals surface area contributed by atoms with Crippen LogP contribution in [-0.4, -0.2) is 37.5 Å². The highest BCUT2D eigenvalue weighted by atomic mass is 16.5. The summed E-state index contributed by atoms with van der Waals surface area (Å²) in [4.78, 5) is 11.0. The molecule has 0 rings (SSSR count). The summed E-state index contributed by atoms with van der Waals surface area (Å²) in [5.41, 5.74) is 0.446. The van der Waals surface area contributed by atoms with E-state index >= 15 is 0 Å². The number of ether oxygens (including phenoxy) is 2. The number of aliphatic hydroxyl groups is 1. The molecule has 1 N–H and O–H groups in total. The predicted molar refractivity (Wildman–Crippen MR) is 71.4 cm³/mol. The Bertz CT molecular complexity index is 226. The van der Waals surface area contributed by atoms with Gasteiger partial charge in [0.05, 0.1) is 6.61 Å². The Labute approximate surface area is 110 Å². The molecule has 0 fully saturated rings. The fraction of sp³-hybridized carbons (Fsp3) is 0.786. The van der Waals surface area contributed by atoms with Crippen molar-refractivity contribution in [2.75, 3.05) is 26.4 Å². The molecule has 0 saturated heterocycles. The molecular formula is C14H26O4. The lowest BCUT2D eigenvalue weighted by Crippen LogP contribution is -2.06. The fourth-order valence-electron chi connectivity index (χ4n) is 1.37. The molecular weight excluding hydrogens is 232 g/mol. The SMILES string of the molecule is C=C(C)C(=O)OCCCCCOCCCCCO. The highest BCUT2D eigenvalue weighted by Gasteiger charge is 2.01. The quantitative estimate of drug-likeness (QED) is 0.332. The van der Waals surface area contributed by atoms with Gasteiger partial charge in [-0.15, -0.1) is 0 Å². The van der Waals surface area contributed by atoms with Gasteiger partial charge in [-0.2, -0.15) is 0 Å². The Hall–Kier alpha value is -0.870. The minimum absolute atomic E-state index is 0.267. The van der Waals surface area contributed by atoms with Crippen molar-refractivity contribution in [2.24, 2.45) is 0 Å². The lowest BCUT2D eigenvalue weighted by atomic mass is 10.2. The fourth-order valence-corrected chi connectivity index (χ4v) is 1.37. The van der Waals surface area contributed by atoms with Gasteiger partial charge in [0.2, 0.25) is 0 Å². The third kappa shape index (κ3) is 11.6. The molecule has 0 radical (unpaired) electrons. The van der Waals surface area contributed by atoms with Crippen LogP contribution in [0.2, 0.25) is 0 Å². The smallest absolute Gasteiger partial charge is 0.333 e. The van der Waals surface area contributed by atoms with Crippen LogP contribution in [-0.2, 0) is 14.3 Å². The van der Waals surface area contributed by atoms with Gasteiger partial charge in [0.1, 0.15) is 0 Å². The number of hydrogen-bond donors (Lipinski definition) is 1. The number of carbonyl (C=O) groups is 1. The third-order valence-corrected chi connectivity index (χ3v) is 2.46. The first-order valence-corrected chi connectivity index (χ1v) is 6.69. The molecule has 106 valence electrons. The van der Waals surface area contributed by atoms with E-state index in [2.05, 4.69) is 6.58 Å². The van der Waals surface area contributed by atoms with E-state index in [1.165, 1.54) is 0 Å². The van der Waals surface area contributed by atoms with E-state index in [9.17, 15) is 4.79 Å². The second kappa shape index (κ2) is 12.6. The van der Waals surface area contributed by atoms with Crippen LogP contribution in [0.3, 0.4) is 0 Å². The molecule has 0 amide bonds. The predicted octanol–water partition coefficient (Wildman–Crippen LogP) is 2.46. The van der Waals surface area contributed by atoms with Crippen molar-refractivity contribution < 1.29 is 19.4 Å². The second-order valence-corrected chi connectivity index (χ2v) is 4.37. The summed E-state index contributed by atoms with van der Waals surface area (Å²) in [7, 11) is 0. The highest BCUT2D eigenvalue weighted by Crippen LogP contribution is 2.00. The Morgan fingerprint density at radius 2 is 1.56 bits per heavy atom. The molecule has 0 aliphatic heterocycles. The summed E-state index contributed by atoms with van der Waals surface area (Å²) in [6.07, 6.45) is 5.75. The topological polar surface area (TPSA) is 55.8 Å². The van der Waals surface area contributed by atoms with Crippen molar-refractivity contribution in [3.05, 3.63) is 12.2 Å². The molecule has 0 atom stereocenters. The minimum atomic E-state index is -0.310. The summed E-state index contributed by atoms with van der Waals surface area (Å²) in [5.74, 6) is -0.310. The maximum atomic E-state index is 11.0. The Morgan fingerprint density at radius 1 is 1.00 bits per heavy atom. The molecule has 4 nitrogen and oxygen atoms in total. The molecule has 0 heterocycles. The van der Waals surface area contributed by atoms with Gasteiger partial charge in [0.25, 0.3) is 0 Å². The maximum Gasteiger partial charge on any atom is 0.333 e. The van der Waals surface area contributed by atoms with Gasteiger partial charge in [0, 0.05) is 25.4 Å². The van der Waals surface area contributed by atoms with E-state index in [1.807, 2.05) is 0 Å². The van der Waals surface area contributed by atoms with E-state index in [4.69, 9.17) is 14.6 Å². The number of hydrogen-bond acceptors (Lipinski definition) is 4. The van der Waals surface area contributed by atoms with Crippen LogP contribution in [0.1, 0.15) is 45.4 Å². The minimum Gasteiger partial charge on any atom is -0.462 e. The molecule has 0 aromatic rings. The van der Waals surface area contributed by atoms with Gasteiger partial charge in [-0.05, 0) is 45.4 Å². The van der Waals surface area contributed by atoms with E-state index in [-0.39, 0.29) is 12.6 Å². The summed E-state index contributed by atoms with van der Waals surface area (Å²) in [6, 6.07) is 0. The summed E-state index contributed by atoms with van der Waals surface area (Å²) < 4.78 is 10.4. The average Bonchev–Trinajstić information content (AvgIpc) is 2.35. The normalized spacial score (nSPS) is 10.3. The van der Waals surface area contributed by atoms with Crippen LogP contribution in [0, 0.1) is 0 Å². The average molecular weight is 258 g/mol. The van der Waals surface area contributed by atoms with Gasteiger partial charge in [-0.1, -0.05) is 6.58 Å². The zero-order valence-electron chi connectivity index (χ0n) is 11.5. The van der Waals surface area contributed by atoms with Gasteiger partial charge in [-0.25, -0.2) is 4.79 Å². The van der Waals surface area contributed by atoms with Gasteiger partial charge < -0.3 is 14.6 Å². The molecule has 0 unspecified atom stereocenters. The molecule has 0 aromatic heterocycles. The molecule has 0 bridgehead atoms. The van der Waals surface area contributed by atoms with Crippen molar-refractivity contribution in [1.29, 1.82) is 0 Å². The zero-order chi connectivity index (χ0) is 13.6. The summed E-state index contributed by atoms with van der Waals surface area (Å²) in [5, 5.41) is 8.58. The number of carbonyl (C=O) groups excluding carboxylic acids is 1. The Morgan fingerprint density at radius 3 is 2.11 bits per heavy atom. The summed E-state index contributed by atoms with van der Waals surface area (Å²) >= 11 is 0. The molecule has 4 heteroatoms. The van der Waals surface area contributed by atoms with Crippen molar-refractivity contribution in [1.82, 2.24) is 0 Å². The van der Waals surface area contributed by atoms with Crippen LogP contribution < -0.4 is 0 Å². The molecule has 0 saturated carbocycles. The lowest BCUT2D eigenvalue weighted by Gasteiger charge is -2.05. The zero-order valence-corrected chi connectivity index (χ0v) is 11.5. The molecule has 0 aromatic carbocycles. The lowest BCUT2D eigenvalue weighted by molar-refractivity contribution is -0.139. The van der Waals surface area contributed by atoms with E-state index in [0.717, 1.165) is 51.7 Å². The third-order valence-electron chi connectivity index (χ3n) is 2.46. The van der Waals surface area contributed by atoms with Crippen molar-refractivity contribution in [2.45, 2.75) is 45.4 Å². The number of esters is 1. The Balaban J connectivity index is 3.07. The largest absolute Gasteiger partial charge is 0.462 e. The van der Waals surface area contributed by atoms with Crippen LogP contribution in [0.15, 0.2) is 12.2 Å². The van der Waals surface area contributed by atoms with Crippen molar-refractivity contribution in [3.63, 3.8) is 0 Å². The Kier molecular flexibility index (Phi) is 12.0. The second-order valence-electron chi connectivity index (χ2n) is 4.37. The number of unbranched alkanes of at least 4 members (excludes halogenated alkanes) is 4. The van der Waals surface area contributed by atoms with Gasteiger partial charge in [-0.3, -0.25) is 0 Å². The first-order valence-electron chi connectivity index (χ1n) is 6.69. The summed E-state index contributed by atoms with van der Waals surface area (Å²) in [6.45, 7) is 7.41. The molecule has 0 spiro atoms. The van der Waals surface area contributed by atoms with Gasteiger partial charge >= 0.3 is 5.97 Å². The van der Waals surface area contributed by atoms with Gasteiger partial charge in [0.15, 0.2) is 0 Å². The van der Waals surface area contributed by atoms with Crippen LogP contribution in [0.5, 0.6) is 0 Å². The number of rotatable bonds is 12. The van der Waals surface area contributed by atoms with Crippen LogP contribution in [0.25, 0.3) is 0 Å². The van der Waals surface area contributed by atoms with E-state index in [1.54, 1.807) is 6.92 Å². The van der Waals surface area contributed by atoms with E-state index < -0.39 is 0 Å². The highest BCUT2D eigenvalue weighted by molar-refractivity contribution is 5.86. The van der Waals surface area contributed by atoms with E-state index in [0.29, 0.717) is 12.2 Å². The van der Waals surface area contributed by atoms with Crippen molar-refractivity contribution in [3.8, 4) is 0 Å². The monoisotopic (exact) mass is 258 g/mol. The first-order chi connectivity index (χ1) is 8.68.